The SMILES string of the molecule is COc1cc(C(=O)N(Cc2ccoc2)Cc2cccs2)c([N+](=O)[O-])cc1OC. The van der Waals surface area contributed by atoms with Crippen molar-refractivity contribution in [2.45, 2.75) is 13.1 Å². The molecule has 0 radical (unpaired) electrons. The van der Waals surface area contributed by atoms with Gasteiger partial charge in [0.15, 0.2) is 11.5 Å². The Bertz CT molecular complexity index is 917. The van der Waals surface area contributed by atoms with E-state index < -0.39 is 10.8 Å². The van der Waals surface area contributed by atoms with E-state index in [0.29, 0.717) is 6.54 Å². The summed E-state index contributed by atoms with van der Waals surface area (Å²) < 4.78 is 15.4. The number of nitro groups is 1. The molecule has 0 aliphatic carbocycles. The van der Waals surface area contributed by atoms with Crippen molar-refractivity contribution in [2.24, 2.45) is 0 Å². The second-order valence-corrected chi connectivity index (χ2v) is 6.89. The number of nitrogens with zero attached hydrogens (tertiary/aromatic N) is 2. The molecule has 0 saturated carbocycles. The lowest BCUT2D eigenvalue weighted by molar-refractivity contribution is -0.385. The van der Waals surface area contributed by atoms with E-state index in [1.807, 2.05) is 17.5 Å². The third-order valence-corrected chi connectivity index (χ3v) is 4.96. The van der Waals surface area contributed by atoms with Crippen LogP contribution in [0, 0.1) is 10.1 Å². The van der Waals surface area contributed by atoms with Gasteiger partial charge in [0.25, 0.3) is 11.6 Å². The predicted octanol–water partition coefficient (Wildman–Crippen LogP) is 4.11. The number of benzene rings is 1. The quantitative estimate of drug-likeness (QED) is 0.416. The lowest BCUT2D eigenvalue weighted by Gasteiger charge is -2.22. The lowest BCUT2D eigenvalue weighted by Crippen LogP contribution is -2.30. The maximum absolute atomic E-state index is 13.3. The average Bonchev–Trinajstić information content (AvgIpc) is 3.39. The Morgan fingerprint density at radius 1 is 1.21 bits per heavy atom. The first-order valence-corrected chi connectivity index (χ1v) is 9.14. The summed E-state index contributed by atoms with van der Waals surface area (Å²) in [6, 6.07) is 8.09. The number of carbonyl (C=O) groups is 1. The standard InChI is InChI=1S/C19H18N2O6S/c1-25-17-8-15(16(21(23)24)9-18(17)26-2)19(22)20(10-13-5-6-27-12-13)11-14-4-3-7-28-14/h3-9,12H,10-11H2,1-2H3. The number of hydrogen-bond donors (Lipinski definition) is 0. The van der Waals surface area contributed by atoms with Gasteiger partial charge in [0.1, 0.15) is 5.56 Å². The number of carbonyl (C=O) groups excluding carboxylic acids is 1. The highest BCUT2D eigenvalue weighted by atomic mass is 32.1. The molecule has 1 aromatic carbocycles. The number of hydrogen-bond acceptors (Lipinski definition) is 7. The van der Waals surface area contributed by atoms with Gasteiger partial charge in [0, 0.05) is 23.1 Å². The molecule has 0 spiro atoms. The number of nitro benzene ring substituents is 1. The Kier molecular flexibility index (Phi) is 5.95. The molecule has 2 aromatic heterocycles. The number of methoxy groups -OCH3 is 2. The largest absolute Gasteiger partial charge is 0.493 e. The lowest BCUT2D eigenvalue weighted by atomic mass is 10.1. The van der Waals surface area contributed by atoms with Gasteiger partial charge in [-0.2, -0.15) is 0 Å². The minimum Gasteiger partial charge on any atom is -0.493 e. The van der Waals surface area contributed by atoms with Crippen LogP contribution in [0.5, 0.6) is 11.5 Å². The molecule has 9 heteroatoms. The van der Waals surface area contributed by atoms with Crippen molar-refractivity contribution in [1.82, 2.24) is 4.90 Å². The van der Waals surface area contributed by atoms with Gasteiger partial charge >= 0.3 is 0 Å². The Balaban J connectivity index is 2.02. The molecular weight excluding hydrogens is 384 g/mol. The maximum atomic E-state index is 13.3. The van der Waals surface area contributed by atoms with Crippen LogP contribution in [0.3, 0.4) is 0 Å². The summed E-state index contributed by atoms with van der Waals surface area (Å²) in [6.45, 7) is 0.561. The Hall–Kier alpha value is -3.33. The predicted molar refractivity (Wildman–Crippen MR) is 103 cm³/mol. The van der Waals surface area contributed by atoms with Crippen molar-refractivity contribution < 1.29 is 23.6 Å². The van der Waals surface area contributed by atoms with Gasteiger partial charge in [0.2, 0.25) is 0 Å². The molecule has 0 N–H and O–H groups in total. The van der Waals surface area contributed by atoms with Gasteiger partial charge in [0.05, 0.1) is 44.3 Å². The molecular formula is C19H18N2O6S. The van der Waals surface area contributed by atoms with Crippen LogP contribution in [0.1, 0.15) is 20.8 Å². The van der Waals surface area contributed by atoms with E-state index in [9.17, 15) is 14.9 Å². The molecule has 3 aromatic rings. The van der Waals surface area contributed by atoms with Crippen LogP contribution in [0.25, 0.3) is 0 Å². The van der Waals surface area contributed by atoms with E-state index in [4.69, 9.17) is 13.9 Å². The molecule has 0 atom stereocenters. The molecule has 0 aliphatic rings. The van der Waals surface area contributed by atoms with Gasteiger partial charge in [-0.3, -0.25) is 14.9 Å². The van der Waals surface area contributed by atoms with E-state index in [-0.39, 0.29) is 29.3 Å². The Morgan fingerprint density at radius 3 is 2.54 bits per heavy atom. The van der Waals surface area contributed by atoms with Crippen LogP contribution in [-0.4, -0.2) is 29.9 Å². The number of ether oxygens (including phenoxy) is 2. The van der Waals surface area contributed by atoms with Gasteiger partial charge in [-0.15, -0.1) is 11.3 Å². The number of rotatable bonds is 8. The van der Waals surface area contributed by atoms with Crippen LogP contribution in [0.2, 0.25) is 0 Å². The van der Waals surface area contributed by atoms with Crippen molar-refractivity contribution in [3.8, 4) is 11.5 Å². The molecule has 0 aliphatic heterocycles. The fourth-order valence-electron chi connectivity index (χ4n) is 2.75. The monoisotopic (exact) mass is 402 g/mol. The van der Waals surface area contributed by atoms with Gasteiger partial charge in [-0.05, 0) is 17.5 Å². The van der Waals surface area contributed by atoms with Crippen molar-refractivity contribution in [3.05, 3.63) is 74.4 Å². The van der Waals surface area contributed by atoms with E-state index in [0.717, 1.165) is 10.4 Å². The molecule has 0 unspecified atom stereocenters. The van der Waals surface area contributed by atoms with E-state index in [2.05, 4.69) is 0 Å². The van der Waals surface area contributed by atoms with Crippen LogP contribution < -0.4 is 9.47 Å². The van der Waals surface area contributed by atoms with Crippen molar-refractivity contribution in [2.75, 3.05) is 14.2 Å². The Labute approximate surface area is 165 Å². The van der Waals surface area contributed by atoms with E-state index in [1.165, 1.54) is 55.1 Å². The minimum atomic E-state index is -0.601. The summed E-state index contributed by atoms with van der Waals surface area (Å²) in [5.74, 6) is -0.0523. The third kappa shape index (κ3) is 4.15. The van der Waals surface area contributed by atoms with Gasteiger partial charge in [-0.25, -0.2) is 0 Å². The zero-order valence-corrected chi connectivity index (χ0v) is 16.1. The molecule has 0 bridgehead atoms. The summed E-state index contributed by atoms with van der Waals surface area (Å²) in [7, 11) is 2.79. The van der Waals surface area contributed by atoms with Crippen LogP contribution in [0.4, 0.5) is 5.69 Å². The van der Waals surface area contributed by atoms with E-state index >= 15 is 0 Å². The molecule has 28 heavy (non-hydrogen) atoms. The first-order valence-electron chi connectivity index (χ1n) is 8.26. The first kappa shape index (κ1) is 19.4. The second kappa shape index (κ2) is 8.57. The van der Waals surface area contributed by atoms with Crippen LogP contribution in [-0.2, 0) is 13.1 Å². The highest BCUT2D eigenvalue weighted by Crippen LogP contribution is 2.35. The normalized spacial score (nSPS) is 10.5. The van der Waals surface area contributed by atoms with Crippen molar-refractivity contribution >= 4 is 22.9 Å². The smallest absolute Gasteiger partial charge is 0.286 e. The Morgan fingerprint density at radius 2 is 1.96 bits per heavy atom. The van der Waals surface area contributed by atoms with Gasteiger partial charge in [-0.1, -0.05) is 6.07 Å². The van der Waals surface area contributed by atoms with Crippen LogP contribution in [0.15, 0.2) is 52.7 Å². The maximum Gasteiger partial charge on any atom is 0.286 e. The van der Waals surface area contributed by atoms with E-state index in [1.54, 1.807) is 6.07 Å². The molecule has 1 amide bonds. The number of thiophene rings is 1. The summed E-state index contributed by atoms with van der Waals surface area (Å²) in [6.07, 6.45) is 3.06. The summed E-state index contributed by atoms with van der Waals surface area (Å²) in [4.78, 5) is 26.8. The summed E-state index contributed by atoms with van der Waals surface area (Å²) >= 11 is 1.50. The zero-order chi connectivity index (χ0) is 20.1. The number of furan rings is 1. The average molecular weight is 402 g/mol. The second-order valence-electron chi connectivity index (χ2n) is 5.85. The molecule has 0 saturated heterocycles. The molecule has 2 heterocycles. The topological polar surface area (TPSA) is 95.0 Å². The number of amides is 1. The highest BCUT2D eigenvalue weighted by Gasteiger charge is 2.28. The third-order valence-electron chi connectivity index (χ3n) is 4.10. The minimum absolute atomic E-state index is 0.0669. The van der Waals surface area contributed by atoms with Crippen molar-refractivity contribution in [3.63, 3.8) is 0 Å². The van der Waals surface area contributed by atoms with Crippen LogP contribution >= 0.6 is 11.3 Å². The zero-order valence-electron chi connectivity index (χ0n) is 15.3. The molecule has 3 rings (SSSR count). The fraction of sp³-hybridized carbons (Fsp3) is 0.211. The molecule has 0 fully saturated rings. The molecule has 8 nitrogen and oxygen atoms in total. The molecule has 146 valence electrons. The first-order chi connectivity index (χ1) is 13.5. The fourth-order valence-corrected chi connectivity index (χ4v) is 3.47. The summed E-state index contributed by atoms with van der Waals surface area (Å²) in [5.41, 5.74) is 0.377. The van der Waals surface area contributed by atoms with Gasteiger partial charge < -0.3 is 18.8 Å². The van der Waals surface area contributed by atoms with Crippen molar-refractivity contribution in [1.29, 1.82) is 0 Å². The highest BCUT2D eigenvalue weighted by molar-refractivity contribution is 7.09. The summed E-state index contributed by atoms with van der Waals surface area (Å²) in [5, 5.41) is 13.5.